The Morgan fingerprint density at radius 2 is 1.53 bits per heavy atom. The molecule has 4 nitrogen and oxygen atoms in total. The minimum absolute atomic E-state index is 0.0823. The molecule has 0 saturated carbocycles. The monoisotopic (exact) mass is 668 g/mol. The Hall–Kier alpha value is -5.58. The highest BCUT2D eigenvalue weighted by Crippen LogP contribution is 2.43. The van der Waals surface area contributed by atoms with Crippen LogP contribution in [-0.2, 0) is 0 Å². The van der Waals surface area contributed by atoms with Crippen LogP contribution >= 0.6 is 0 Å². The molecule has 4 aromatic carbocycles. The summed E-state index contributed by atoms with van der Waals surface area (Å²) < 4.78 is 2.40. The van der Waals surface area contributed by atoms with Gasteiger partial charge in [-0.2, -0.15) is 0 Å². The number of hydrogen-bond acceptors (Lipinski definition) is 3. The fraction of sp³-hybridized carbons (Fsp3) is 0.191. The van der Waals surface area contributed by atoms with E-state index in [0.717, 1.165) is 47.3 Å². The highest BCUT2D eigenvalue weighted by atomic mass is 15.5. The van der Waals surface area contributed by atoms with E-state index < -0.39 is 0 Å². The van der Waals surface area contributed by atoms with Gasteiger partial charge in [0.1, 0.15) is 0 Å². The second kappa shape index (κ2) is 15.1. The lowest BCUT2D eigenvalue weighted by molar-refractivity contribution is 0.425. The summed E-state index contributed by atoms with van der Waals surface area (Å²) >= 11 is 0. The van der Waals surface area contributed by atoms with Crippen LogP contribution in [0.4, 0.5) is 11.4 Å². The maximum absolute atomic E-state index is 4.50. The van der Waals surface area contributed by atoms with Gasteiger partial charge in [0.05, 0.1) is 17.3 Å². The summed E-state index contributed by atoms with van der Waals surface area (Å²) in [4.78, 5) is 4.78. The summed E-state index contributed by atoms with van der Waals surface area (Å²) in [6, 6.07) is 37.3. The Bertz CT molecular complexity index is 2190. The fourth-order valence-corrected chi connectivity index (χ4v) is 7.77. The highest BCUT2D eigenvalue weighted by Gasteiger charge is 2.35. The number of rotatable bonds is 5. The van der Waals surface area contributed by atoms with E-state index in [0.29, 0.717) is 0 Å². The standard InChI is InChI=1S/C45H42N4.C2H6/c1-32-19-7-4-12-30-42-43(36-25-14-18-29-41(36)49(42)34-22-10-6-11-23-34)38(31-32)35-24-13-16-27-39(35)47(2)45-46-44(33-20-8-5-9-21-33)37-26-15-17-28-40(37)48(45)3;1-2/h5-8,10-20,22-31,44-46H,1,4,9,21H2,2-3H3;1-2H3/b19-7-,30-12?,38-31-;. The third-order valence-electron chi connectivity index (χ3n) is 10.1. The van der Waals surface area contributed by atoms with Gasteiger partial charge in [0.25, 0.3) is 0 Å². The number of para-hydroxylation sites is 4. The van der Waals surface area contributed by atoms with Gasteiger partial charge in [-0.3, -0.25) is 5.32 Å². The molecule has 2 aliphatic carbocycles. The van der Waals surface area contributed by atoms with E-state index in [9.17, 15) is 0 Å². The molecule has 1 aromatic heterocycles. The van der Waals surface area contributed by atoms with Crippen LogP contribution in [0.25, 0.3) is 28.2 Å². The van der Waals surface area contributed by atoms with Gasteiger partial charge in [-0.15, -0.1) is 0 Å². The van der Waals surface area contributed by atoms with Crippen molar-refractivity contribution in [2.75, 3.05) is 23.9 Å². The van der Waals surface area contributed by atoms with Crippen LogP contribution in [0.15, 0.2) is 163 Å². The summed E-state index contributed by atoms with van der Waals surface area (Å²) in [5.41, 5.74) is 13.1. The molecule has 0 fully saturated rings. The van der Waals surface area contributed by atoms with Gasteiger partial charge in [-0.1, -0.05) is 130 Å². The normalized spacial score (nSPS) is 19.9. The van der Waals surface area contributed by atoms with Crippen LogP contribution in [0.2, 0.25) is 0 Å². The van der Waals surface area contributed by atoms with Crippen molar-refractivity contribution >= 4 is 33.9 Å². The predicted molar refractivity (Wildman–Crippen MR) is 219 cm³/mol. The minimum Gasteiger partial charge on any atom is -0.342 e. The molecule has 5 aromatic rings. The molecule has 4 heteroatoms. The molecule has 1 aliphatic heterocycles. The van der Waals surface area contributed by atoms with Crippen LogP contribution < -0.4 is 15.1 Å². The Morgan fingerprint density at radius 3 is 2.35 bits per heavy atom. The van der Waals surface area contributed by atoms with Gasteiger partial charge in [0, 0.05) is 47.7 Å². The summed E-state index contributed by atoms with van der Waals surface area (Å²) in [5.74, 6) is 0. The van der Waals surface area contributed by atoms with Gasteiger partial charge in [0.2, 0.25) is 0 Å². The molecule has 2 atom stereocenters. The molecule has 2 unspecified atom stereocenters. The molecule has 8 rings (SSSR count). The van der Waals surface area contributed by atoms with E-state index >= 15 is 0 Å². The third-order valence-corrected chi connectivity index (χ3v) is 10.1. The second-order valence-corrected chi connectivity index (χ2v) is 13.1. The first-order valence-electron chi connectivity index (χ1n) is 18.3. The molecule has 0 spiro atoms. The Kier molecular flexibility index (Phi) is 10.0. The third kappa shape index (κ3) is 6.44. The highest BCUT2D eigenvalue weighted by molar-refractivity contribution is 6.04. The van der Waals surface area contributed by atoms with Crippen LogP contribution in [-0.4, -0.2) is 25.0 Å². The van der Waals surface area contributed by atoms with E-state index in [1.54, 1.807) is 0 Å². The molecule has 0 bridgehead atoms. The first-order chi connectivity index (χ1) is 25.1. The van der Waals surface area contributed by atoms with Crippen molar-refractivity contribution in [3.8, 4) is 5.69 Å². The summed E-state index contributed by atoms with van der Waals surface area (Å²) in [7, 11) is 4.42. The molecule has 2 heterocycles. The zero-order valence-corrected chi connectivity index (χ0v) is 30.3. The lowest BCUT2D eigenvalue weighted by Crippen LogP contribution is -2.59. The van der Waals surface area contributed by atoms with Crippen molar-refractivity contribution in [2.45, 2.75) is 45.4 Å². The van der Waals surface area contributed by atoms with E-state index in [-0.39, 0.29) is 12.3 Å². The number of anilines is 2. The summed E-state index contributed by atoms with van der Waals surface area (Å²) in [5, 5.41) is 5.28. The molecule has 1 N–H and O–H groups in total. The van der Waals surface area contributed by atoms with Crippen molar-refractivity contribution in [1.29, 1.82) is 0 Å². The maximum atomic E-state index is 4.50. The van der Waals surface area contributed by atoms with Gasteiger partial charge < -0.3 is 14.4 Å². The first kappa shape index (κ1) is 33.9. The number of nitrogens with zero attached hydrogens (tertiary/aromatic N) is 3. The van der Waals surface area contributed by atoms with E-state index in [4.69, 9.17) is 0 Å². The molecule has 51 heavy (non-hydrogen) atoms. The molecular weight excluding hydrogens is 621 g/mol. The molecule has 0 saturated heterocycles. The van der Waals surface area contributed by atoms with E-state index in [2.05, 4.69) is 192 Å². The van der Waals surface area contributed by atoms with Crippen molar-refractivity contribution in [3.63, 3.8) is 0 Å². The average molecular weight is 669 g/mol. The van der Waals surface area contributed by atoms with Gasteiger partial charge in [0.15, 0.2) is 6.29 Å². The zero-order chi connectivity index (χ0) is 35.3. The van der Waals surface area contributed by atoms with Gasteiger partial charge >= 0.3 is 0 Å². The number of benzene rings is 4. The van der Waals surface area contributed by atoms with Crippen LogP contribution in [0.5, 0.6) is 0 Å². The molecule has 256 valence electrons. The number of nitrogens with one attached hydrogen (secondary N) is 1. The maximum Gasteiger partial charge on any atom is 0.158 e. The van der Waals surface area contributed by atoms with Crippen molar-refractivity contribution < 1.29 is 0 Å². The molecule has 0 amide bonds. The van der Waals surface area contributed by atoms with E-state index in [1.807, 2.05) is 13.8 Å². The second-order valence-electron chi connectivity index (χ2n) is 13.1. The summed E-state index contributed by atoms with van der Waals surface area (Å²) in [6.07, 6.45) is 20.8. The number of aromatic nitrogens is 1. The van der Waals surface area contributed by atoms with E-state index in [1.165, 1.54) is 39.0 Å². The molecule has 0 radical (unpaired) electrons. The number of allylic oxidation sites excluding steroid dienone is 8. The zero-order valence-electron chi connectivity index (χ0n) is 30.3. The van der Waals surface area contributed by atoms with Gasteiger partial charge in [-0.05, 0) is 84.0 Å². The lowest BCUT2D eigenvalue weighted by Gasteiger charge is -2.47. The van der Waals surface area contributed by atoms with Crippen LogP contribution in [0.1, 0.15) is 61.5 Å². The number of hydrogen-bond donors (Lipinski definition) is 1. The summed E-state index contributed by atoms with van der Waals surface area (Å²) in [6.45, 7) is 8.50. The first-order valence-corrected chi connectivity index (χ1v) is 18.3. The van der Waals surface area contributed by atoms with Crippen molar-refractivity contribution in [3.05, 3.63) is 186 Å². The Balaban J connectivity index is 0.00000200. The molecule has 3 aliphatic rings. The number of fused-ring (bicyclic) bond motifs is 4. The predicted octanol–water partition coefficient (Wildman–Crippen LogP) is 11.4. The van der Waals surface area contributed by atoms with Crippen molar-refractivity contribution in [1.82, 2.24) is 9.88 Å². The fourth-order valence-electron chi connectivity index (χ4n) is 7.77. The quantitative estimate of drug-likeness (QED) is 0.202. The topological polar surface area (TPSA) is 23.4 Å². The average Bonchev–Trinajstić information content (AvgIpc) is 3.52. The lowest BCUT2D eigenvalue weighted by atomic mass is 9.89. The molecular formula is C47H48N4. The Labute approximate surface area is 303 Å². The Morgan fingerprint density at radius 1 is 0.804 bits per heavy atom. The largest absolute Gasteiger partial charge is 0.342 e. The smallest absolute Gasteiger partial charge is 0.158 e. The van der Waals surface area contributed by atoms with Gasteiger partial charge in [-0.25, -0.2) is 0 Å². The minimum atomic E-state index is -0.0823. The SMILES string of the molecule is C=C1/C=C\CC=Cc2c(c3ccccc3n2-c2ccccc2)/C(c2ccccc2N(C)C2NC(C3=CC=CCC3)c3ccccc3N2C)=C\1.CC. The van der Waals surface area contributed by atoms with Crippen molar-refractivity contribution in [2.24, 2.45) is 0 Å². The van der Waals surface area contributed by atoms with Crippen LogP contribution in [0.3, 0.4) is 0 Å². The van der Waals surface area contributed by atoms with Crippen LogP contribution in [0, 0.1) is 0 Å².